The number of ketones is 2. The predicted molar refractivity (Wildman–Crippen MR) is 166 cm³/mol. The van der Waals surface area contributed by atoms with E-state index in [1.165, 1.54) is 35.4 Å². The molecule has 0 unspecified atom stereocenters. The summed E-state index contributed by atoms with van der Waals surface area (Å²) < 4.78 is 12.2. The lowest BCUT2D eigenvalue weighted by atomic mass is 9.76. The Balaban J connectivity index is 1.72. The molecule has 0 saturated carbocycles. The molecule has 12 heteroatoms. The van der Waals surface area contributed by atoms with Crippen molar-refractivity contribution in [2.75, 3.05) is 14.2 Å². The van der Waals surface area contributed by atoms with Crippen LogP contribution < -0.4 is 11.1 Å². The number of hydrogen-bond acceptors (Lipinski definition) is 10. The second-order valence-corrected chi connectivity index (χ2v) is 10.9. The summed E-state index contributed by atoms with van der Waals surface area (Å²) in [4.78, 5) is 80.1. The zero-order chi connectivity index (χ0) is 33.4. The molecule has 0 spiro atoms. The fraction of sp³-hybridized carbons (Fsp3) is 0.235. The number of pyridine rings is 2. The molecule has 0 radical (unpaired) electrons. The average molecular weight is 627 g/mol. The van der Waals surface area contributed by atoms with Gasteiger partial charge in [0.1, 0.15) is 0 Å². The van der Waals surface area contributed by atoms with Gasteiger partial charge in [0.15, 0.2) is 11.5 Å². The van der Waals surface area contributed by atoms with Crippen molar-refractivity contribution in [3.8, 4) is 0 Å². The fourth-order valence-electron chi connectivity index (χ4n) is 5.99. The number of nitrogens with zero attached hydrogens (tertiary/aromatic N) is 2. The fourth-order valence-corrected chi connectivity index (χ4v) is 5.99. The third-order valence-electron chi connectivity index (χ3n) is 8.40. The minimum atomic E-state index is -1.51. The lowest BCUT2D eigenvalue weighted by Crippen LogP contribution is -2.35. The summed E-state index contributed by atoms with van der Waals surface area (Å²) in [5, 5.41) is 23.9. The van der Waals surface area contributed by atoms with Crippen LogP contribution in [0.2, 0.25) is 0 Å². The van der Waals surface area contributed by atoms with Crippen molar-refractivity contribution in [1.82, 2.24) is 9.13 Å². The number of hydrogen-bond donors (Lipinski definition) is 2. The van der Waals surface area contributed by atoms with Crippen molar-refractivity contribution in [2.24, 2.45) is 14.1 Å². The van der Waals surface area contributed by atoms with Gasteiger partial charge in [0.25, 0.3) is 11.1 Å². The maximum Gasteiger partial charge on any atom is 0.306 e. The Morgan fingerprint density at radius 3 is 1.35 bits per heavy atom. The third-order valence-corrected chi connectivity index (χ3v) is 8.40. The molecule has 1 aliphatic carbocycles. The smallest absolute Gasteiger partial charge is 0.306 e. The lowest BCUT2D eigenvalue weighted by molar-refractivity contribution is -0.142. The van der Waals surface area contributed by atoms with Gasteiger partial charge in [0.05, 0.1) is 49.2 Å². The zero-order valence-electron chi connectivity index (χ0n) is 25.4. The number of carbonyl (C=O) groups excluding carboxylic acids is 4. The number of fused-ring (bicyclic) bond motifs is 2. The maximum atomic E-state index is 14.0. The van der Waals surface area contributed by atoms with Crippen LogP contribution >= 0.6 is 0 Å². The molecule has 2 atom stereocenters. The number of rotatable bonds is 8. The van der Waals surface area contributed by atoms with E-state index in [4.69, 9.17) is 9.47 Å². The number of Topliss-reactive ketones (excluding diaryl/α,β-unsaturated/α-hetero) is 2. The van der Waals surface area contributed by atoms with Crippen LogP contribution in [0, 0.1) is 0 Å². The van der Waals surface area contributed by atoms with Gasteiger partial charge in [-0.1, -0.05) is 36.4 Å². The first-order valence-electron chi connectivity index (χ1n) is 14.2. The first-order chi connectivity index (χ1) is 21.9. The summed E-state index contributed by atoms with van der Waals surface area (Å²) >= 11 is 0. The number of allylic oxidation sites excluding steroid dienone is 2. The Morgan fingerprint density at radius 1 is 0.652 bits per heavy atom. The molecule has 2 N–H and O–H groups in total. The van der Waals surface area contributed by atoms with E-state index in [9.17, 15) is 39.0 Å². The molecule has 46 heavy (non-hydrogen) atoms. The van der Waals surface area contributed by atoms with E-state index in [-0.39, 0.29) is 11.1 Å². The van der Waals surface area contributed by atoms with Gasteiger partial charge in [0.2, 0.25) is 11.6 Å². The molecule has 12 nitrogen and oxygen atoms in total. The van der Waals surface area contributed by atoms with E-state index in [0.29, 0.717) is 21.8 Å². The van der Waals surface area contributed by atoms with Gasteiger partial charge in [-0.2, -0.15) is 0 Å². The average Bonchev–Trinajstić information content (AvgIpc) is 3.06. The number of methoxy groups -OCH3 is 2. The van der Waals surface area contributed by atoms with Gasteiger partial charge in [-0.25, -0.2) is 0 Å². The van der Waals surface area contributed by atoms with Crippen LogP contribution in [-0.2, 0) is 42.7 Å². The van der Waals surface area contributed by atoms with Crippen molar-refractivity contribution >= 4 is 45.3 Å². The summed E-state index contributed by atoms with van der Waals surface area (Å²) in [7, 11) is 5.17. The Kier molecular flexibility index (Phi) is 8.47. The topological polar surface area (TPSA) is 171 Å². The third kappa shape index (κ3) is 5.27. The molecular formula is C34H30N2O10. The van der Waals surface area contributed by atoms with Crippen LogP contribution in [0.25, 0.3) is 21.8 Å². The van der Waals surface area contributed by atoms with Gasteiger partial charge < -0.3 is 28.8 Å². The molecule has 4 aromatic rings. The van der Waals surface area contributed by atoms with E-state index >= 15 is 0 Å². The minimum absolute atomic E-state index is 0.111. The SMILES string of the molecule is COC(=O)C[C@@H](C1=C(O)C(=O)C([C@H](CC(=O)OC)c2cc3ccccc3n(C)c2=O)=C(O)C1=O)c1cc2ccccc2n(C)c1=O. The molecule has 1 aliphatic rings. The molecule has 0 amide bonds. The van der Waals surface area contributed by atoms with Crippen molar-refractivity contribution in [3.63, 3.8) is 0 Å². The van der Waals surface area contributed by atoms with Gasteiger partial charge in [-0.05, 0) is 35.0 Å². The highest BCUT2D eigenvalue weighted by atomic mass is 16.5. The number of para-hydroxylation sites is 2. The van der Waals surface area contributed by atoms with Crippen molar-refractivity contribution in [3.05, 3.63) is 115 Å². The first kappa shape index (κ1) is 31.6. The monoisotopic (exact) mass is 626 g/mol. The maximum absolute atomic E-state index is 14.0. The standard InChI is InChI=1S/C34H30N2O10/c1-35-23-11-7-5-9-17(23)13-21(33(35)43)19(15-25(37)45-3)27-29(39)31(41)28(32(42)30(27)40)20(16-26(38)46-4)22-14-18-10-6-8-12-24(18)36(2)34(22)44/h5-14,19-20,39,42H,15-16H2,1-4H3/t19-,20-/m1/s1. The number of esters is 2. The number of aliphatic hydroxyl groups is 2. The van der Waals surface area contributed by atoms with Gasteiger partial charge in [-0.3, -0.25) is 28.8 Å². The molecule has 2 aromatic heterocycles. The first-order valence-corrected chi connectivity index (χ1v) is 14.2. The molecular weight excluding hydrogens is 596 g/mol. The van der Waals surface area contributed by atoms with Crippen LogP contribution in [0.3, 0.4) is 0 Å². The highest BCUT2D eigenvalue weighted by molar-refractivity contribution is 6.24. The predicted octanol–water partition coefficient (Wildman–Crippen LogP) is 3.16. The lowest BCUT2D eigenvalue weighted by Gasteiger charge is -2.27. The van der Waals surface area contributed by atoms with Crippen molar-refractivity contribution < 1.29 is 38.9 Å². The van der Waals surface area contributed by atoms with Gasteiger partial charge in [0, 0.05) is 37.1 Å². The van der Waals surface area contributed by atoms with Gasteiger partial charge >= 0.3 is 11.9 Å². The van der Waals surface area contributed by atoms with E-state index < -0.39 is 82.0 Å². The Labute approximate surface area is 261 Å². The molecule has 0 fully saturated rings. The van der Waals surface area contributed by atoms with Crippen molar-refractivity contribution in [1.29, 1.82) is 0 Å². The molecule has 236 valence electrons. The number of aromatic nitrogens is 2. The number of ether oxygens (including phenoxy) is 2. The Bertz CT molecular complexity index is 2000. The Hall–Kier alpha value is -5.78. The van der Waals surface area contributed by atoms with Crippen LogP contribution in [0.5, 0.6) is 0 Å². The van der Waals surface area contributed by atoms with E-state index in [2.05, 4.69) is 0 Å². The largest absolute Gasteiger partial charge is 0.504 e. The van der Waals surface area contributed by atoms with E-state index in [0.717, 1.165) is 14.2 Å². The second-order valence-electron chi connectivity index (χ2n) is 10.9. The van der Waals surface area contributed by atoms with Crippen LogP contribution in [0.4, 0.5) is 0 Å². The van der Waals surface area contributed by atoms with Gasteiger partial charge in [-0.15, -0.1) is 0 Å². The zero-order valence-corrected chi connectivity index (χ0v) is 25.4. The quantitative estimate of drug-likeness (QED) is 0.219. The molecule has 2 heterocycles. The number of benzene rings is 2. The molecule has 0 saturated heterocycles. The molecule has 5 rings (SSSR count). The molecule has 0 bridgehead atoms. The number of aliphatic hydroxyl groups excluding tert-OH is 2. The van der Waals surface area contributed by atoms with Crippen LogP contribution in [0.15, 0.2) is 92.9 Å². The summed E-state index contributed by atoms with van der Waals surface area (Å²) in [5.74, 6) is -9.56. The Morgan fingerprint density at radius 2 is 1.00 bits per heavy atom. The number of carbonyl (C=O) groups is 4. The summed E-state index contributed by atoms with van der Waals surface area (Å²) in [6.45, 7) is 0. The summed E-state index contributed by atoms with van der Waals surface area (Å²) in [5.41, 5.74) is -1.77. The molecule has 2 aromatic carbocycles. The van der Waals surface area contributed by atoms with Crippen molar-refractivity contribution in [2.45, 2.75) is 24.7 Å². The second kappa shape index (κ2) is 12.3. The van der Waals surface area contributed by atoms with E-state index in [1.807, 2.05) is 0 Å². The summed E-state index contributed by atoms with van der Waals surface area (Å²) in [6, 6.07) is 16.6. The highest BCUT2D eigenvalue weighted by Crippen LogP contribution is 2.40. The number of aryl methyl sites for hydroxylation is 2. The highest BCUT2D eigenvalue weighted by Gasteiger charge is 2.44. The van der Waals surface area contributed by atoms with Crippen LogP contribution in [0.1, 0.15) is 35.8 Å². The normalized spacial score (nSPS) is 15.0. The summed E-state index contributed by atoms with van der Waals surface area (Å²) in [6.07, 6.45) is -1.27. The molecule has 0 aliphatic heterocycles. The minimum Gasteiger partial charge on any atom is -0.504 e. The van der Waals surface area contributed by atoms with Crippen LogP contribution in [-0.4, -0.2) is 57.1 Å². The van der Waals surface area contributed by atoms with E-state index in [1.54, 1.807) is 48.5 Å².